The fraction of sp³-hybridized carbons (Fsp3) is 0.267. The van der Waals surface area contributed by atoms with E-state index in [4.69, 9.17) is 20.9 Å². The van der Waals surface area contributed by atoms with E-state index in [0.717, 1.165) is 0 Å². The van der Waals surface area contributed by atoms with Gasteiger partial charge in [-0.3, -0.25) is 9.59 Å². The van der Waals surface area contributed by atoms with Crippen molar-refractivity contribution in [3.05, 3.63) is 41.1 Å². The van der Waals surface area contributed by atoms with E-state index in [1.807, 2.05) is 0 Å². The van der Waals surface area contributed by atoms with Crippen LogP contribution in [-0.4, -0.2) is 38.6 Å². The molecule has 9 nitrogen and oxygen atoms in total. The number of carbonyl (C=O) groups excluding carboxylic acids is 2. The van der Waals surface area contributed by atoms with Crippen LogP contribution in [0.3, 0.4) is 0 Å². The first kappa shape index (κ1) is 19.9. The third-order valence-electron chi connectivity index (χ3n) is 3.00. The number of anilines is 1. The predicted octanol–water partition coefficient (Wildman–Crippen LogP) is 1.49. The zero-order chi connectivity index (χ0) is 19.2. The third-order valence-corrected chi connectivity index (χ3v) is 4.73. The summed E-state index contributed by atoms with van der Waals surface area (Å²) in [5.74, 6) is -0.590. The smallest absolute Gasteiger partial charge is 0.307 e. The molecule has 0 aliphatic heterocycles. The van der Waals surface area contributed by atoms with E-state index in [9.17, 15) is 18.0 Å². The summed E-state index contributed by atoms with van der Waals surface area (Å²) in [4.78, 5) is 23.2. The van der Waals surface area contributed by atoms with Gasteiger partial charge in [-0.1, -0.05) is 16.8 Å². The number of hydrogen-bond acceptors (Lipinski definition) is 7. The molecule has 0 spiro atoms. The van der Waals surface area contributed by atoms with Crippen LogP contribution >= 0.6 is 11.6 Å². The Morgan fingerprint density at radius 1 is 1.27 bits per heavy atom. The van der Waals surface area contributed by atoms with Gasteiger partial charge in [0.15, 0.2) is 12.4 Å². The molecule has 0 unspecified atom stereocenters. The second kappa shape index (κ2) is 8.79. The average Bonchev–Trinajstić information content (AvgIpc) is 2.98. The van der Waals surface area contributed by atoms with Crippen LogP contribution in [0.5, 0.6) is 0 Å². The number of esters is 1. The van der Waals surface area contributed by atoms with E-state index in [0.29, 0.717) is 10.8 Å². The van der Waals surface area contributed by atoms with Gasteiger partial charge in [-0.2, -0.15) is 0 Å². The number of nitrogens with zero attached hydrogens (tertiary/aromatic N) is 1. The molecule has 0 saturated heterocycles. The first-order valence-corrected chi connectivity index (χ1v) is 9.26. The van der Waals surface area contributed by atoms with Crippen LogP contribution in [0.4, 0.5) is 5.82 Å². The highest BCUT2D eigenvalue weighted by atomic mass is 35.5. The van der Waals surface area contributed by atoms with Gasteiger partial charge in [-0.25, -0.2) is 13.1 Å². The van der Waals surface area contributed by atoms with Crippen LogP contribution in [-0.2, 0) is 24.3 Å². The Bertz CT molecular complexity index is 879. The van der Waals surface area contributed by atoms with Gasteiger partial charge in [0.25, 0.3) is 5.91 Å². The topological polar surface area (TPSA) is 128 Å². The molecule has 2 aromatic rings. The zero-order valence-corrected chi connectivity index (χ0v) is 15.3. The highest BCUT2D eigenvalue weighted by molar-refractivity contribution is 7.89. The Hall–Kier alpha value is -2.43. The summed E-state index contributed by atoms with van der Waals surface area (Å²) >= 11 is 5.70. The van der Waals surface area contributed by atoms with Crippen molar-refractivity contribution in [3.8, 4) is 0 Å². The van der Waals surface area contributed by atoms with Crippen LogP contribution in [0, 0.1) is 6.92 Å². The van der Waals surface area contributed by atoms with Crippen molar-refractivity contribution < 1.29 is 27.3 Å². The summed E-state index contributed by atoms with van der Waals surface area (Å²) in [5.41, 5.74) is 0. The summed E-state index contributed by atoms with van der Waals surface area (Å²) in [5, 5.41) is 6.35. The molecule has 0 atom stereocenters. The number of halogens is 1. The van der Waals surface area contributed by atoms with Crippen molar-refractivity contribution in [2.24, 2.45) is 0 Å². The maximum atomic E-state index is 12.0. The Balaban J connectivity index is 1.71. The van der Waals surface area contributed by atoms with Gasteiger partial charge < -0.3 is 14.6 Å². The van der Waals surface area contributed by atoms with E-state index in [1.54, 1.807) is 6.92 Å². The van der Waals surface area contributed by atoms with E-state index in [2.05, 4.69) is 15.2 Å². The molecule has 1 aromatic heterocycles. The van der Waals surface area contributed by atoms with Crippen LogP contribution in [0.15, 0.2) is 39.8 Å². The lowest BCUT2D eigenvalue weighted by molar-refractivity contribution is -0.147. The van der Waals surface area contributed by atoms with Gasteiger partial charge in [-0.05, 0) is 31.2 Å². The Morgan fingerprint density at radius 2 is 1.96 bits per heavy atom. The molecule has 0 aliphatic rings. The molecular weight excluding hydrogens is 386 g/mol. The lowest BCUT2D eigenvalue weighted by Gasteiger charge is -2.07. The lowest BCUT2D eigenvalue weighted by atomic mass is 10.4. The normalized spacial score (nSPS) is 11.2. The third kappa shape index (κ3) is 6.14. The predicted molar refractivity (Wildman–Crippen MR) is 92.1 cm³/mol. The second-order valence-corrected chi connectivity index (χ2v) is 7.34. The van der Waals surface area contributed by atoms with Gasteiger partial charge in [0, 0.05) is 17.6 Å². The maximum Gasteiger partial charge on any atom is 0.307 e. The summed E-state index contributed by atoms with van der Waals surface area (Å²) in [6.07, 6.45) is -0.233. The maximum absolute atomic E-state index is 12.0. The van der Waals surface area contributed by atoms with Crippen LogP contribution in [0.2, 0.25) is 5.02 Å². The van der Waals surface area contributed by atoms with Crippen molar-refractivity contribution in [3.63, 3.8) is 0 Å². The molecule has 26 heavy (non-hydrogen) atoms. The minimum Gasteiger partial charge on any atom is -0.456 e. The highest BCUT2D eigenvalue weighted by Crippen LogP contribution is 2.13. The van der Waals surface area contributed by atoms with Gasteiger partial charge >= 0.3 is 5.97 Å². The number of rotatable bonds is 8. The number of hydrogen-bond donors (Lipinski definition) is 2. The monoisotopic (exact) mass is 401 g/mol. The minimum atomic E-state index is -3.76. The fourth-order valence-corrected chi connectivity index (χ4v) is 2.96. The molecular formula is C15H16ClN3O6S. The molecule has 1 heterocycles. The summed E-state index contributed by atoms with van der Waals surface area (Å²) in [6, 6.07) is 7.09. The summed E-state index contributed by atoms with van der Waals surface area (Å²) < 4.78 is 35.8. The number of aryl methyl sites for hydroxylation is 1. The van der Waals surface area contributed by atoms with Crippen molar-refractivity contribution in [1.82, 2.24) is 9.88 Å². The number of carbonyl (C=O) groups is 2. The highest BCUT2D eigenvalue weighted by Gasteiger charge is 2.15. The lowest BCUT2D eigenvalue weighted by Crippen LogP contribution is -2.28. The van der Waals surface area contributed by atoms with Crippen LogP contribution < -0.4 is 10.0 Å². The van der Waals surface area contributed by atoms with Crippen molar-refractivity contribution in [1.29, 1.82) is 0 Å². The summed E-state index contributed by atoms with van der Waals surface area (Å²) in [6.45, 7) is 0.969. The molecule has 1 amide bonds. The molecule has 11 heteroatoms. The molecule has 0 aliphatic carbocycles. The van der Waals surface area contributed by atoms with E-state index < -0.39 is 28.5 Å². The van der Waals surface area contributed by atoms with Gasteiger partial charge in [0.05, 0.1) is 11.3 Å². The molecule has 2 rings (SSSR count). The van der Waals surface area contributed by atoms with Crippen molar-refractivity contribution in [2.75, 3.05) is 18.5 Å². The first-order chi connectivity index (χ1) is 12.3. The van der Waals surface area contributed by atoms with Crippen LogP contribution in [0.25, 0.3) is 0 Å². The number of sulfonamides is 1. The van der Waals surface area contributed by atoms with E-state index in [1.165, 1.54) is 30.3 Å². The summed E-state index contributed by atoms with van der Waals surface area (Å²) in [7, 11) is -3.76. The molecule has 0 fully saturated rings. The Morgan fingerprint density at radius 3 is 2.58 bits per heavy atom. The number of benzene rings is 1. The van der Waals surface area contributed by atoms with Gasteiger partial charge in [0.2, 0.25) is 10.0 Å². The second-order valence-electron chi connectivity index (χ2n) is 5.13. The Labute approximate surface area is 154 Å². The van der Waals surface area contributed by atoms with E-state index >= 15 is 0 Å². The quantitative estimate of drug-likeness (QED) is 0.641. The van der Waals surface area contributed by atoms with Gasteiger partial charge in [-0.15, -0.1) is 0 Å². The van der Waals surface area contributed by atoms with E-state index in [-0.39, 0.29) is 23.7 Å². The number of nitrogens with one attached hydrogen (secondary N) is 2. The average molecular weight is 402 g/mol. The molecule has 0 radical (unpaired) electrons. The molecule has 140 valence electrons. The number of ether oxygens (including phenoxy) is 1. The molecule has 1 aromatic carbocycles. The fourth-order valence-electron chi connectivity index (χ4n) is 1.81. The standard InChI is InChI=1S/C15H16ClN3O6S/c1-10-8-13(19-25-10)18-14(20)9-24-15(21)6-7-17-26(22,23)12-4-2-11(16)3-5-12/h2-5,8,17H,6-7,9H2,1H3,(H,18,19,20). The number of amides is 1. The zero-order valence-electron chi connectivity index (χ0n) is 13.7. The molecule has 0 saturated carbocycles. The molecule has 2 N–H and O–H groups in total. The minimum absolute atomic E-state index is 0.0255. The molecule has 0 bridgehead atoms. The first-order valence-electron chi connectivity index (χ1n) is 7.40. The van der Waals surface area contributed by atoms with Crippen molar-refractivity contribution >= 4 is 39.3 Å². The SMILES string of the molecule is Cc1cc(NC(=O)COC(=O)CCNS(=O)(=O)c2ccc(Cl)cc2)no1. The Kier molecular flexibility index (Phi) is 6.72. The van der Waals surface area contributed by atoms with Gasteiger partial charge in [0.1, 0.15) is 5.76 Å². The number of aromatic nitrogens is 1. The largest absolute Gasteiger partial charge is 0.456 e. The van der Waals surface area contributed by atoms with Crippen LogP contribution in [0.1, 0.15) is 12.2 Å². The van der Waals surface area contributed by atoms with Crippen molar-refractivity contribution in [2.45, 2.75) is 18.2 Å².